The molecule has 5 nitrogen and oxygen atoms in total. The number of benzene rings is 2. The lowest BCUT2D eigenvalue weighted by Gasteiger charge is -2.20. The molecular formula is C20H20N2O3S2. The van der Waals surface area contributed by atoms with Crippen molar-refractivity contribution >= 4 is 29.0 Å². The first-order valence-corrected chi connectivity index (χ1v) is 10.2. The van der Waals surface area contributed by atoms with Crippen LogP contribution in [0.5, 0.6) is 11.5 Å². The molecule has 0 unspecified atom stereocenters. The Kier molecular flexibility index (Phi) is 6.73. The van der Waals surface area contributed by atoms with Crippen molar-refractivity contribution in [1.82, 2.24) is 10.3 Å². The van der Waals surface area contributed by atoms with Crippen molar-refractivity contribution in [1.29, 1.82) is 0 Å². The van der Waals surface area contributed by atoms with Crippen molar-refractivity contribution in [2.24, 2.45) is 0 Å². The predicted octanol–water partition coefficient (Wildman–Crippen LogP) is 4.16. The zero-order chi connectivity index (χ0) is 19.1. The van der Waals surface area contributed by atoms with Crippen molar-refractivity contribution < 1.29 is 14.3 Å². The highest BCUT2D eigenvalue weighted by atomic mass is 32.2. The molecule has 0 aliphatic carbocycles. The fourth-order valence-electron chi connectivity index (χ4n) is 2.56. The van der Waals surface area contributed by atoms with Crippen LogP contribution >= 0.6 is 23.1 Å². The van der Waals surface area contributed by atoms with E-state index in [0.29, 0.717) is 5.75 Å². The summed E-state index contributed by atoms with van der Waals surface area (Å²) in [5.74, 6) is 1.82. The monoisotopic (exact) mass is 400 g/mol. The number of aromatic nitrogens is 1. The lowest BCUT2D eigenvalue weighted by molar-refractivity contribution is -0.119. The number of amides is 1. The number of carbonyl (C=O) groups is 1. The summed E-state index contributed by atoms with van der Waals surface area (Å²) < 4.78 is 11.4. The van der Waals surface area contributed by atoms with Crippen LogP contribution in [-0.2, 0) is 4.79 Å². The summed E-state index contributed by atoms with van der Waals surface area (Å²) in [6.07, 6.45) is 1.74. The number of nitrogens with zero attached hydrogens (tertiary/aromatic N) is 1. The van der Waals surface area contributed by atoms with E-state index in [2.05, 4.69) is 10.3 Å². The first-order chi connectivity index (χ1) is 13.2. The molecule has 0 atom stereocenters. The molecule has 1 N–H and O–H groups in total. The molecule has 3 rings (SSSR count). The summed E-state index contributed by atoms with van der Waals surface area (Å²) in [4.78, 5) is 16.7. The number of ether oxygens (including phenoxy) is 2. The predicted molar refractivity (Wildman–Crippen MR) is 109 cm³/mol. The molecule has 2 aromatic carbocycles. The van der Waals surface area contributed by atoms with E-state index < -0.39 is 0 Å². The molecule has 0 fully saturated rings. The summed E-state index contributed by atoms with van der Waals surface area (Å²) in [6, 6.07) is 15.1. The average Bonchev–Trinajstić information content (AvgIpc) is 3.24. The first kappa shape index (κ1) is 19.3. The van der Waals surface area contributed by atoms with Crippen LogP contribution in [0.3, 0.4) is 0 Å². The zero-order valence-corrected chi connectivity index (χ0v) is 16.7. The fraction of sp³-hybridized carbons (Fsp3) is 0.200. The molecular weight excluding hydrogens is 380 g/mol. The Bertz CT molecular complexity index is 802. The van der Waals surface area contributed by atoms with E-state index in [1.807, 2.05) is 53.9 Å². The number of hydrogen-bond acceptors (Lipinski definition) is 6. The molecule has 140 valence electrons. The van der Waals surface area contributed by atoms with Gasteiger partial charge in [0.2, 0.25) is 5.91 Å². The molecule has 7 heteroatoms. The van der Waals surface area contributed by atoms with Gasteiger partial charge in [-0.25, -0.2) is 4.98 Å². The van der Waals surface area contributed by atoms with Gasteiger partial charge in [-0.1, -0.05) is 36.0 Å². The van der Waals surface area contributed by atoms with Gasteiger partial charge < -0.3 is 14.8 Å². The van der Waals surface area contributed by atoms with E-state index in [1.54, 1.807) is 20.4 Å². The Morgan fingerprint density at radius 2 is 1.59 bits per heavy atom. The molecule has 0 spiro atoms. The average molecular weight is 401 g/mol. The third-order valence-electron chi connectivity index (χ3n) is 3.94. The van der Waals surface area contributed by atoms with Gasteiger partial charge in [-0.05, 0) is 35.4 Å². The SMILES string of the molecule is COc1ccc(C(NC(=O)CSc2nccs2)c2ccc(OC)cc2)cc1. The van der Waals surface area contributed by atoms with E-state index in [1.165, 1.54) is 23.1 Å². The number of rotatable bonds is 8. The van der Waals surface area contributed by atoms with Crippen molar-refractivity contribution in [3.05, 3.63) is 71.2 Å². The lowest BCUT2D eigenvalue weighted by atomic mass is 9.98. The van der Waals surface area contributed by atoms with Crippen LogP contribution in [0.25, 0.3) is 0 Å². The fourth-order valence-corrected chi connectivity index (χ4v) is 4.01. The van der Waals surface area contributed by atoms with Gasteiger partial charge in [0.05, 0.1) is 26.0 Å². The van der Waals surface area contributed by atoms with Gasteiger partial charge >= 0.3 is 0 Å². The van der Waals surface area contributed by atoms with Gasteiger partial charge in [-0.3, -0.25) is 4.79 Å². The molecule has 0 aliphatic rings. The molecule has 1 aromatic heterocycles. The Morgan fingerprint density at radius 1 is 1.04 bits per heavy atom. The van der Waals surface area contributed by atoms with E-state index in [0.717, 1.165) is 27.0 Å². The number of nitrogens with one attached hydrogen (secondary N) is 1. The van der Waals surface area contributed by atoms with Gasteiger partial charge in [0.15, 0.2) is 0 Å². The molecule has 0 saturated carbocycles. The zero-order valence-electron chi connectivity index (χ0n) is 15.0. The quantitative estimate of drug-likeness (QED) is 0.576. The highest BCUT2D eigenvalue weighted by molar-refractivity contribution is 8.01. The maximum atomic E-state index is 12.5. The van der Waals surface area contributed by atoms with Crippen LogP contribution in [0.1, 0.15) is 17.2 Å². The van der Waals surface area contributed by atoms with Crippen molar-refractivity contribution in [3.8, 4) is 11.5 Å². The van der Waals surface area contributed by atoms with E-state index in [9.17, 15) is 4.79 Å². The number of hydrogen-bond donors (Lipinski definition) is 1. The van der Waals surface area contributed by atoms with E-state index >= 15 is 0 Å². The third-order valence-corrected chi connectivity index (χ3v) is 5.91. The van der Waals surface area contributed by atoms with Gasteiger partial charge in [0.1, 0.15) is 15.8 Å². The summed E-state index contributed by atoms with van der Waals surface area (Å²) in [5.41, 5.74) is 1.96. The standard InChI is InChI=1S/C20H20N2O3S2/c1-24-16-7-3-14(4-8-16)19(15-5-9-17(25-2)10-6-15)22-18(23)13-27-20-21-11-12-26-20/h3-12,19H,13H2,1-2H3,(H,22,23). The van der Waals surface area contributed by atoms with Gasteiger partial charge in [0.25, 0.3) is 0 Å². The summed E-state index contributed by atoms with van der Waals surface area (Å²) in [6.45, 7) is 0. The molecule has 0 saturated heterocycles. The van der Waals surface area contributed by atoms with E-state index in [-0.39, 0.29) is 11.9 Å². The molecule has 27 heavy (non-hydrogen) atoms. The van der Waals surface area contributed by atoms with Crippen LogP contribution in [0.2, 0.25) is 0 Å². The topological polar surface area (TPSA) is 60.5 Å². The number of methoxy groups -OCH3 is 2. The van der Waals surface area contributed by atoms with Gasteiger partial charge in [0, 0.05) is 11.6 Å². The van der Waals surface area contributed by atoms with E-state index in [4.69, 9.17) is 9.47 Å². The summed E-state index contributed by atoms with van der Waals surface area (Å²) >= 11 is 2.96. The Balaban J connectivity index is 1.78. The van der Waals surface area contributed by atoms with Crippen LogP contribution in [0.15, 0.2) is 64.4 Å². The Labute approximate surface area is 166 Å². The normalized spacial score (nSPS) is 10.6. The summed E-state index contributed by atoms with van der Waals surface area (Å²) in [7, 11) is 3.27. The highest BCUT2D eigenvalue weighted by Crippen LogP contribution is 2.27. The Morgan fingerprint density at radius 3 is 2.04 bits per heavy atom. The largest absolute Gasteiger partial charge is 0.497 e. The van der Waals surface area contributed by atoms with Crippen LogP contribution < -0.4 is 14.8 Å². The second-order valence-electron chi connectivity index (χ2n) is 5.63. The summed E-state index contributed by atoms with van der Waals surface area (Å²) in [5, 5.41) is 5.02. The molecule has 0 aliphatic heterocycles. The smallest absolute Gasteiger partial charge is 0.231 e. The Hall–Kier alpha value is -2.51. The highest BCUT2D eigenvalue weighted by Gasteiger charge is 2.17. The van der Waals surface area contributed by atoms with Crippen molar-refractivity contribution in [2.45, 2.75) is 10.4 Å². The molecule has 1 heterocycles. The maximum absolute atomic E-state index is 12.5. The molecule has 3 aromatic rings. The van der Waals surface area contributed by atoms with Crippen LogP contribution in [-0.4, -0.2) is 30.9 Å². The second kappa shape index (κ2) is 9.43. The van der Waals surface area contributed by atoms with Gasteiger partial charge in [-0.2, -0.15) is 0 Å². The first-order valence-electron chi connectivity index (χ1n) is 8.29. The third kappa shape index (κ3) is 5.24. The number of thioether (sulfide) groups is 1. The van der Waals surface area contributed by atoms with Crippen molar-refractivity contribution in [3.63, 3.8) is 0 Å². The minimum Gasteiger partial charge on any atom is -0.497 e. The second-order valence-corrected chi connectivity index (χ2v) is 7.75. The van der Waals surface area contributed by atoms with Crippen LogP contribution in [0.4, 0.5) is 0 Å². The lowest BCUT2D eigenvalue weighted by Crippen LogP contribution is -2.30. The van der Waals surface area contributed by atoms with Gasteiger partial charge in [-0.15, -0.1) is 11.3 Å². The number of thiazole rings is 1. The number of carbonyl (C=O) groups excluding carboxylic acids is 1. The van der Waals surface area contributed by atoms with Crippen LogP contribution in [0, 0.1) is 0 Å². The maximum Gasteiger partial charge on any atom is 0.231 e. The van der Waals surface area contributed by atoms with Crippen molar-refractivity contribution in [2.75, 3.05) is 20.0 Å². The molecule has 0 radical (unpaired) electrons. The minimum absolute atomic E-state index is 0.0492. The molecule has 1 amide bonds. The minimum atomic E-state index is -0.258. The molecule has 0 bridgehead atoms.